The number of nitrogens with one attached hydrogen (secondary N) is 1. The smallest absolute Gasteiger partial charge is 0.266 e. The number of rotatable bonds is 3. The third-order valence-electron chi connectivity index (χ3n) is 3.85. The number of sulfonamides is 1. The molecule has 4 aromatic heterocycles. The number of nitrogens with zero attached hydrogens (tertiary/aromatic N) is 5. The SMILES string of the molecule is Cc1nn2cc(S(=O)(=O)Nc3c(C)nc4ccc(Cl)cn34)cnc2c1Cl. The van der Waals surface area contributed by atoms with Gasteiger partial charge in [-0.15, -0.1) is 0 Å². The Labute approximate surface area is 158 Å². The zero-order chi connectivity index (χ0) is 18.6. The van der Waals surface area contributed by atoms with E-state index in [2.05, 4.69) is 19.8 Å². The normalized spacial score (nSPS) is 12.2. The van der Waals surface area contributed by atoms with Crippen molar-refractivity contribution < 1.29 is 8.42 Å². The molecule has 0 spiro atoms. The largest absolute Gasteiger partial charge is 0.284 e. The van der Waals surface area contributed by atoms with E-state index >= 15 is 0 Å². The Kier molecular flexibility index (Phi) is 3.83. The van der Waals surface area contributed by atoms with E-state index in [4.69, 9.17) is 23.2 Å². The van der Waals surface area contributed by atoms with E-state index in [0.717, 1.165) is 0 Å². The van der Waals surface area contributed by atoms with Gasteiger partial charge in [-0.05, 0) is 26.0 Å². The number of aromatic nitrogens is 5. The van der Waals surface area contributed by atoms with Crippen molar-refractivity contribution in [2.75, 3.05) is 4.72 Å². The first-order chi connectivity index (χ1) is 12.3. The number of hydrogen-bond donors (Lipinski definition) is 1. The molecule has 0 saturated carbocycles. The molecule has 0 atom stereocenters. The number of pyridine rings is 1. The molecule has 4 heterocycles. The van der Waals surface area contributed by atoms with Crippen LogP contribution in [0.15, 0.2) is 35.6 Å². The molecule has 0 aliphatic carbocycles. The molecule has 11 heteroatoms. The third kappa shape index (κ3) is 2.68. The summed E-state index contributed by atoms with van der Waals surface area (Å²) in [4.78, 5) is 8.37. The van der Waals surface area contributed by atoms with Crippen LogP contribution in [0.4, 0.5) is 5.82 Å². The predicted molar refractivity (Wildman–Crippen MR) is 98.5 cm³/mol. The Hall–Kier alpha value is -2.36. The van der Waals surface area contributed by atoms with Crippen molar-refractivity contribution in [2.45, 2.75) is 18.7 Å². The summed E-state index contributed by atoms with van der Waals surface area (Å²) in [5, 5.41) is 5.00. The van der Waals surface area contributed by atoms with Gasteiger partial charge in [-0.1, -0.05) is 23.2 Å². The fourth-order valence-electron chi connectivity index (χ4n) is 2.58. The highest BCUT2D eigenvalue weighted by Gasteiger charge is 2.21. The van der Waals surface area contributed by atoms with Gasteiger partial charge >= 0.3 is 0 Å². The van der Waals surface area contributed by atoms with Crippen LogP contribution in [0.5, 0.6) is 0 Å². The van der Waals surface area contributed by atoms with Gasteiger partial charge in [0.05, 0.1) is 28.8 Å². The maximum Gasteiger partial charge on any atom is 0.266 e. The molecule has 26 heavy (non-hydrogen) atoms. The fourth-order valence-corrected chi connectivity index (χ4v) is 3.97. The van der Waals surface area contributed by atoms with Crippen LogP contribution in [0, 0.1) is 13.8 Å². The van der Waals surface area contributed by atoms with Crippen molar-refractivity contribution in [2.24, 2.45) is 0 Å². The van der Waals surface area contributed by atoms with Gasteiger partial charge < -0.3 is 0 Å². The van der Waals surface area contributed by atoms with Gasteiger partial charge in [0.2, 0.25) is 0 Å². The Morgan fingerprint density at radius 3 is 2.65 bits per heavy atom. The number of aryl methyl sites for hydroxylation is 2. The van der Waals surface area contributed by atoms with Gasteiger partial charge in [-0.25, -0.2) is 22.9 Å². The van der Waals surface area contributed by atoms with Crippen LogP contribution in [-0.2, 0) is 10.0 Å². The molecule has 134 valence electrons. The lowest BCUT2D eigenvalue weighted by atomic mass is 10.5. The van der Waals surface area contributed by atoms with Crippen LogP contribution in [0.3, 0.4) is 0 Å². The number of anilines is 1. The highest BCUT2D eigenvalue weighted by molar-refractivity contribution is 7.92. The zero-order valence-electron chi connectivity index (χ0n) is 13.6. The van der Waals surface area contributed by atoms with Gasteiger partial charge in [0.1, 0.15) is 21.4 Å². The minimum Gasteiger partial charge on any atom is -0.284 e. The Balaban J connectivity index is 1.81. The zero-order valence-corrected chi connectivity index (χ0v) is 15.9. The van der Waals surface area contributed by atoms with Crippen molar-refractivity contribution in [3.05, 3.63) is 52.2 Å². The van der Waals surface area contributed by atoms with Gasteiger partial charge in [-0.3, -0.25) is 9.12 Å². The Morgan fingerprint density at radius 1 is 1.12 bits per heavy atom. The highest BCUT2D eigenvalue weighted by Crippen LogP contribution is 2.24. The van der Waals surface area contributed by atoms with Crippen molar-refractivity contribution in [3.63, 3.8) is 0 Å². The maximum absolute atomic E-state index is 12.8. The number of hydrogen-bond acceptors (Lipinski definition) is 5. The molecule has 4 aromatic rings. The van der Waals surface area contributed by atoms with E-state index in [1.165, 1.54) is 16.9 Å². The molecule has 0 aromatic carbocycles. The summed E-state index contributed by atoms with van der Waals surface area (Å²) in [5.74, 6) is 0.303. The van der Waals surface area contributed by atoms with E-state index in [1.54, 1.807) is 36.6 Å². The number of imidazole rings is 1. The van der Waals surface area contributed by atoms with Crippen LogP contribution in [-0.4, -0.2) is 32.4 Å². The minimum absolute atomic E-state index is 0.0551. The topological polar surface area (TPSA) is 93.7 Å². The second kappa shape index (κ2) is 5.83. The molecule has 0 amide bonds. The summed E-state index contributed by atoms with van der Waals surface area (Å²) in [5.41, 5.74) is 2.05. The van der Waals surface area contributed by atoms with Gasteiger partial charge in [-0.2, -0.15) is 5.10 Å². The summed E-state index contributed by atoms with van der Waals surface area (Å²) in [6.07, 6.45) is 4.18. The molecule has 4 rings (SSSR count). The van der Waals surface area contributed by atoms with Crippen molar-refractivity contribution in [1.29, 1.82) is 0 Å². The summed E-state index contributed by atoms with van der Waals surface area (Å²) >= 11 is 12.1. The first kappa shape index (κ1) is 17.1. The van der Waals surface area contributed by atoms with Gasteiger partial charge in [0.15, 0.2) is 5.65 Å². The molecule has 0 fully saturated rings. The first-order valence-corrected chi connectivity index (χ1v) is 9.68. The molecule has 8 nitrogen and oxygen atoms in total. The van der Waals surface area contributed by atoms with Gasteiger partial charge in [0, 0.05) is 6.20 Å². The predicted octanol–water partition coefficient (Wildman–Crippen LogP) is 3.10. The summed E-state index contributed by atoms with van der Waals surface area (Å²) in [6, 6.07) is 3.39. The standard InChI is InChI=1S/C15H12Cl2N6O2S/c1-8-13(17)15-18-5-11(7-23(15)20-8)26(24,25)21-14-9(2)19-12-4-3-10(16)6-22(12)14/h3-7,21H,1-2H3. The van der Waals surface area contributed by atoms with Crippen LogP contribution >= 0.6 is 23.2 Å². The van der Waals surface area contributed by atoms with Crippen molar-refractivity contribution in [3.8, 4) is 0 Å². The van der Waals surface area contributed by atoms with Crippen molar-refractivity contribution >= 4 is 50.3 Å². The Bertz CT molecular complexity index is 1280. The lowest BCUT2D eigenvalue weighted by Gasteiger charge is -2.09. The van der Waals surface area contributed by atoms with E-state index in [1.807, 2.05) is 0 Å². The molecular formula is C15H12Cl2N6O2S. The highest BCUT2D eigenvalue weighted by atomic mass is 35.5. The lowest BCUT2D eigenvalue weighted by Crippen LogP contribution is -2.16. The summed E-state index contributed by atoms with van der Waals surface area (Å²) in [6.45, 7) is 3.42. The second-order valence-corrected chi connectivity index (χ2v) is 8.18. The van der Waals surface area contributed by atoms with E-state index < -0.39 is 10.0 Å². The molecular weight excluding hydrogens is 399 g/mol. The minimum atomic E-state index is -3.93. The maximum atomic E-state index is 12.8. The van der Waals surface area contributed by atoms with Crippen LogP contribution in [0.25, 0.3) is 11.3 Å². The first-order valence-electron chi connectivity index (χ1n) is 7.44. The lowest BCUT2D eigenvalue weighted by molar-refractivity contribution is 0.599. The molecule has 0 aliphatic heterocycles. The fraction of sp³-hybridized carbons (Fsp3) is 0.133. The molecule has 0 unspecified atom stereocenters. The quantitative estimate of drug-likeness (QED) is 0.559. The molecule has 0 radical (unpaired) electrons. The summed E-state index contributed by atoms with van der Waals surface area (Å²) in [7, 11) is -3.93. The van der Waals surface area contributed by atoms with E-state index in [-0.39, 0.29) is 4.90 Å². The number of fused-ring (bicyclic) bond motifs is 2. The molecule has 0 bridgehead atoms. The van der Waals surface area contributed by atoms with Crippen LogP contribution in [0.2, 0.25) is 10.0 Å². The monoisotopic (exact) mass is 410 g/mol. The second-order valence-electron chi connectivity index (χ2n) is 5.68. The third-order valence-corrected chi connectivity index (χ3v) is 5.81. The average molecular weight is 411 g/mol. The van der Waals surface area contributed by atoms with Crippen LogP contribution in [0.1, 0.15) is 11.4 Å². The Morgan fingerprint density at radius 2 is 1.88 bits per heavy atom. The number of halogens is 2. The molecule has 0 aliphatic rings. The van der Waals surface area contributed by atoms with E-state index in [0.29, 0.717) is 38.5 Å². The van der Waals surface area contributed by atoms with Crippen molar-refractivity contribution in [1.82, 2.24) is 24.0 Å². The summed E-state index contributed by atoms with van der Waals surface area (Å²) < 4.78 is 31.1. The average Bonchev–Trinajstić information content (AvgIpc) is 3.04. The van der Waals surface area contributed by atoms with Crippen LogP contribution < -0.4 is 4.72 Å². The molecule has 0 saturated heterocycles. The molecule has 1 N–H and O–H groups in total. The van der Waals surface area contributed by atoms with Gasteiger partial charge in [0.25, 0.3) is 10.0 Å². The van der Waals surface area contributed by atoms with E-state index in [9.17, 15) is 8.42 Å².